The number of methoxy groups -OCH3 is 1. The third kappa shape index (κ3) is 7.30. The maximum Gasteiger partial charge on any atom is 0.322 e. The zero-order valence-electron chi connectivity index (χ0n) is 32.7. The third-order valence-corrected chi connectivity index (χ3v) is 14.5. The second-order valence-corrected chi connectivity index (χ2v) is 18.2. The number of nitrogens with one attached hydrogen (secondary N) is 1. The highest BCUT2D eigenvalue weighted by molar-refractivity contribution is 5.75. The van der Waals surface area contributed by atoms with Crippen molar-refractivity contribution >= 4 is 23.9 Å². The molecule has 5 unspecified atom stereocenters. The summed E-state index contributed by atoms with van der Waals surface area (Å²) in [6.07, 6.45) is 8.19. The number of fused-ring (bicyclic) bond motifs is 5. The number of esters is 4. The fourth-order valence-corrected chi connectivity index (χ4v) is 12.4. The summed E-state index contributed by atoms with van der Waals surface area (Å²) in [6.45, 7) is 23.3. The first-order chi connectivity index (χ1) is 22.7. The summed E-state index contributed by atoms with van der Waals surface area (Å²) >= 11 is 0. The van der Waals surface area contributed by atoms with Gasteiger partial charge in [-0.05, 0) is 112 Å². The van der Waals surface area contributed by atoms with Gasteiger partial charge in [-0.15, -0.1) is 0 Å². The molecule has 4 saturated carbocycles. The molecule has 0 amide bonds. The number of rotatable bonds is 12. The Hall–Kier alpha value is -2.16. The van der Waals surface area contributed by atoms with Gasteiger partial charge in [-0.2, -0.15) is 0 Å². The number of carbonyl (C=O) groups excluding carboxylic acids is 4. The standard InChI is InChI=1S/C40H67NO8/c1-24(2)22-29(35(45)46-12)41-21-13-17-40(11,49-27(5)44)28-14-19-39(10)34(28)30(47-25(3)42)23-32-37(8)18-16-33(48-26(4)43)36(6,7)31(37)15-20-38(32,39)9/h24,28-34,41H,13-23H2,1-12H3/t28?,29-,30?,31?,32?,33-,34-,37-,38+,39+,40?/m0/s1. The lowest BCUT2D eigenvalue weighted by atomic mass is 9.35. The SMILES string of the molecule is COC(=O)[C@H](CC(C)C)NCCCC(C)(OC(C)=O)C1CC[C@]2(C)[C@@H]1C(OC(C)=O)CC1[C@@]3(C)CC[C@H](OC(C)=O)C(C)(C)C3CC[C@]12C. The van der Waals surface area contributed by atoms with E-state index >= 15 is 0 Å². The van der Waals surface area contributed by atoms with Gasteiger partial charge < -0.3 is 24.3 Å². The van der Waals surface area contributed by atoms with Gasteiger partial charge in [-0.25, -0.2) is 0 Å². The van der Waals surface area contributed by atoms with Crippen molar-refractivity contribution in [1.82, 2.24) is 5.32 Å². The molecule has 1 N–H and O–H groups in total. The molecule has 0 aliphatic heterocycles. The van der Waals surface area contributed by atoms with E-state index < -0.39 is 5.60 Å². The van der Waals surface area contributed by atoms with Gasteiger partial charge in [-0.3, -0.25) is 19.2 Å². The summed E-state index contributed by atoms with van der Waals surface area (Å²) in [5.41, 5.74) is -1.09. The van der Waals surface area contributed by atoms with Gasteiger partial charge in [-0.1, -0.05) is 48.5 Å². The predicted molar refractivity (Wildman–Crippen MR) is 188 cm³/mol. The van der Waals surface area contributed by atoms with E-state index in [0.717, 1.165) is 44.9 Å². The van der Waals surface area contributed by atoms with Crippen molar-refractivity contribution < 1.29 is 38.1 Å². The lowest BCUT2D eigenvalue weighted by molar-refractivity contribution is -0.253. The van der Waals surface area contributed by atoms with Crippen LogP contribution in [0, 0.1) is 51.2 Å². The zero-order valence-corrected chi connectivity index (χ0v) is 32.7. The fourth-order valence-electron chi connectivity index (χ4n) is 12.4. The average Bonchev–Trinajstić information content (AvgIpc) is 3.36. The van der Waals surface area contributed by atoms with Crippen molar-refractivity contribution in [2.75, 3.05) is 13.7 Å². The minimum atomic E-state index is -0.762. The van der Waals surface area contributed by atoms with Gasteiger partial charge in [0.25, 0.3) is 0 Å². The van der Waals surface area contributed by atoms with Crippen LogP contribution in [0.4, 0.5) is 0 Å². The Bertz CT molecular complexity index is 1250. The maximum atomic E-state index is 12.8. The van der Waals surface area contributed by atoms with Gasteiger partial charge in [0, 0.05) is 38.0 Å². The Kier molecular flexibility index (Phi) is 11.7. The molecule has 0 radical (unpaired) electrons. The molecular formula is C40H67NO8. The van der Waals surface area contributed by atoms with E-state index in [2.05, 4.69) is 60.7 Å². The largest absolute Gasteiger partial charge is 0.468 e. The maximum absolute atomic E-state index is 12.8. The first-order valence-electron chi connectivity index (χ1n) is 19.0. The summed E-state index contributed by atoms with van der Waals surface area (Å²) < 4.78 is 23.6. The molecular weight excluding hydrogens is 622 g/mol. The molecule has 0 spiro atoms. The van der Waals surface area contributed by atoms with Crippen LogP contribution in [0.3, 0.4) is 0 Å². The van der Waals surface area contributed by atoms with E-state index in [1.54, 1.807) is 0 Å². The smallest absolute Gasteiger partial charge is 0.322 e. The average molecular weight is 690 g/mol. The first-order valence-corrected chi connectivity index (χ1v) is 19.0. The second-order valence-electron chi connectivity index (χ2n) is 18.2. The van der Waals surface area contributed by atoms with E-state index in [9.17, 15) is 19.2 Å². The molecule has 0 bridgehead atoms. The molecule has 4 aliphatic carbocycles. The van der Waals surface area contributed by atoms with Gasteiger partial charge in [0.15, 0.2) is 0 Å². The Balaban J connectivity index is 1.65. The lowest BCUT2D eigenvalue weighted by Gasteiger charge is -2.70. The van der Waals surface area contributed by atoms with Crippen LogP contribution in [-0.2, 0) is 38.1 Å². The quantitative estimate of drug-likeness (QED) is 0.127. The molecule has 11 atom stereocenters. The van der Waals surface area contributed by atoms with Gasteiger partial charge in [0.1, 0.15) is 23.9 Å². The van der Waals surface area contributed by atoms with Gasteiger partial charge in [0.2, 0.25) is 0 Å². The highest BCUT2D eigenvalue weighted by atomic mass is 16.6. The molecule has 9 heteroatoms. The number of carbonyl (C=O) groups is 4. The molecule has 49 heavy (non-hydrogen) atoms. The highest BCUT2D eigenvalue weighted by Crippen LogP contribution is 2.76. The van der Waals surface area contributed by atoms with Crippen LogP contribution >= 0.6 is 0 Å². The molecule has 0 aromatic carbocycles. The monoisotopic (exact) mass is 689 g/mol. The molecule has 0 heterocycles. The topological polar surface area (TPSA) is 117 Å². The molecule has 0 saturated heterocycles. The van der Waals surface area contributed by atoms with Crippen molar-refractivity contribution in [3.8, 4) is 0 Å². The van der Waals surface area contributed by atoms with Crippen molar-refractivity contribution in [3.63, 3.8) is 0 Å². The van der Waals surface area contributed by atoms with Crippen molar-refractivity contribution in [2.24, 2.45) is 51.2 Å². The first kappa shape index (κ1) is 39.6. The molecule has 4 fully saturated rings. The molecule has 4 rings (SSSR count). The van der Waals surface area contributed by atoms with Crippen LogP contribution in [-0.4, -0.2) is 61.4 Å². The van der Waals surface area contributed by atoms with Crippen molar-refractivity contribution in [2.45, 2.75) is 164 Å². The van der Waals surface area contributed by atoms with Crippen molar-refractivity contribution in [1.29, 1.82) is 0 Å². The third-order valence-electron chi connectivity index (χ3n) is 14.5. The van der Waals surface area contributed by atoms with Crippen LogP contribution in [0.1, 0.15) is 140 Å². The van der Waals surface area contributed by atoms with E-state index in [1.807, 2.05) is 0 Å². The van der Waals surface area contributed by atoms with Crippen LogP contribution in [0.2, 0.25) is 0 Å². The van der Waals surface area contributed by atoms with E-state index in [4.69, 9.17) is 18.9 Å². The molecule has 4 aliphatic rings. The van der Waals surface area contributed by atoms with Crippen LogP contribution in [0.5, 0.6) is 0 Å². The van der Waals surface area contributed by atoms with Crippen LogP contribution < -0.4 is 5.32 Å². The Morgan fingerprint density at radius 2 is 1.47 bits per heavy atom. The molecule has 280 valence electrons. The van der Waals surface area contributed by atoms with Gasteiger partial charge >= 0.3 is 23.9 Å². The summed E-state index contributed by atoms with van der Waals surface area (Å²) in [6, 6.07) is -0.381. The molecule has 0 aromatic heterocycles. The summed E-state index contributed by atoms with van der Waals surface area (Å²) in [5, 5.41) is 3.40. The summed E-state index contributed by atoms with van der Waals surface area (Å²) in [7, 11) is 1.42. The van der Waals surface area contributed by atoms with Gasteiger partial charge in [0.05, 0.1) is 7.11 Å². The fraction of sp³-hybridized carbons (Fsp3) is 0.900. The molecule has 9 nitrogen and oxygen atoms in total. The number of ether oxygens (including phenoxy) is 4. The Labute approximate surface area is 296 Å². The normalized spacial score (nSPS) is 38.2. The van der Waals surface area contributed by atoms with Crippen molar-refractivity contribution in [3.05, 3.63) is 0 Å². The number of hydrogen-bond acceptors (Lipinski definition) is 9. The zero-order chi connectivity index (χ0) is 36.7. The van der Waals surface area contributed by atoms with E-state index in [1.165, 1.54) is 27.9 Å². The van der Waals surface area contributed by atoms with E-state index in [0.29, 0.717) is 43.6 Å². The van der Waals surface area contributed by atoms with E-state index in [-0.39, 0.29) is 75.6 Å². The lowest BCUT2D eigenvalue weighted by Crippen LogP contribution is -2.67. The second kappa shape index (κ2) is 14.5. The summed E-state index contributed by atoms with van der Waals surface area (Å²) in [5.74, 6) is 0.0190. The minimum Gasteiger partial charge on any atom is -0.468 e. The Morgan fingerprint density at radius 3 is 2.04 bits per heavy atom. The minimum absolute atomic E-state index is 0.00532. The number of hydrogen-bond donors (Lipinski definition) is 1. The van der Waals surface area contributed by atoms with Crippen LogP contribution in [0.15, 0.2) is 0 Å². The highest BCUT2D eigenvalue weighted by Gasteiger charge is 2.72. The summed E-state index contributed by atoms with van der Waals surface area (Å²) in [4.78, 5) is 50.1. The molecule has 0 aromatic rings. The van der Waals surface area contributed by atoms with Crippen LogP contribution in [0.25, 0.3) is 0 Å². The Morgan fingerprint density at radius 1 is 0.837 bits per heavy atom. The predicted octanol–water partition coefficient (Wildman–Crippen LogP) is 7.42.